The van der Waals surface area contributed by atoms with Crippen LogP contribution >= 0.6 is 0 Å². The average Bonchev–Trinajstić information content (AvgIpc) is 2.68. The zero-order chi connectivity index (χ0) is 9.97. The van der Waals surface area contributed by atoms with E-state index in [-0.39, 0.29) is 5.78 Å². The van der Waals surface area contributed by atoms with Crippen LogP contribution in [0.5, 0.6) is 0 Å². The normalized spacial score (nSPS) is 10.1. The molecule has 0 aromatic carbocycles. The molecule has 0 unspecified atom stereocenters. The van der Waals surface area contributed by atoms with Gasteiger partial charge in [0, 0.05) is 24.9 Å². The minimum absolute atomic E-state index is 0.0693. The SMILES string of the molecule is CC(=O)c1ccc(-c2cccnc2)o1. The van der Waals surface area contributed by atoms with Crippen LogP contribution in [0.1, 0.15) is 17.5 Å². The molecule has 0 aliphatic rings. The summed E-state index contributed by atoms with van der Waals surface area (Å²) in [5.41, 5.74) is 0.875. The van der Waals surface area contributed by atoms with Gasteiger partial charge < -0.3 is 4.42 Å². The number of ketones is 1. The molecule has 0 aliphatic heterocycles. The lowest BCUT2D eigenvalue weighted by Crippen LogP contribution is -1.86. The third-order valence-electron chi connectivity index (χ3n) is 1.90. The number of furan rings is 1. The van der Waals surface area contributed by atoms with Crippen molar-refractivity contribution in [2.75, 3.05) is 0 Å². The van der Waals surface area contributed by atoms with Crippen LogP contribution in [0.2, 0.25) is 0 Å². The van der Waals surface area contributed by atoms with Crippen molar-refractivity contribution in [1.82, 2.24) is 4.98 Å². The highest BCUT2D eigenvalue weighted by Gasteiger charge is 2.07. The molecule has 0 spiro atoms. The second-order valence-electron chi connectivity index (χ2n) is 2.96. The van der Waals surface area contributed by atoms with Crippen molar-refractivity contribution >= 4 is 5.78 Å². The summed E-state index contributed by atoms with van der Waals surface area (Å²) in [6.45, 7) is 1.48. The number of Topliss-reactive ketones (excluding diaryl/α,β-unsaturated/α-hetero) is 1. The van der Waals surface area contributed by atoms with Crippen molar-refractivity contribution in [2.24, 2.45) is 0 Å². The van der Waals surface area contributed by atoms with Crippen molar-refractivity contribution in [2.45, 2.75) is 6.92 Å². The van der Waals surface area contributed by atoms with Crippen LogP contribution in [-0.2, 0) is 0 Å². The standard InChI is InChI=1S/C11H9NO2/c1-8(13)10-4-5-11(14-10)9-3-2-6-12-7-9/h2-7H,1H3. The Hall–Kier alpha value is -1.90. The first kappa shape index (κ1) is 8.69. The summed E-state index contributed by atoms with van der Waals surface area (Å²) >= 11 is 0. The molecule has 0 aliphatic carbocycles. The van der Waals surface area contributed by atoms with E-state index in [2.05, 4.69) is 4.98 Å². The maximum Gasteiger partial charge on any atom is 0.194 e. The molecule has 2 aromatic rings. The van der Waals surface area contributed by atoms with E-state index in [1.807, 2.05) is 12.1 Å². The van der Waals surface area contributed by atoms with E-state index in [0.717, 1.165) is 5.56 Å². The molecule has 2 heterocycles. The van der Waals surface area contributed by atoms with Crippen molar-refractivity contribution in [3.8, 4) is 11.3 Å². The molecular weight excluding hydrogens is 178 g/mol. The summed E-state index contributed by atoms with van der Waals surface area (Å²) in [5.74, 6) is 0.979. The van der Waals surface area contributed by atoms with Crippen LogP contribution in [0.15, 0.2) is 41.1 Å². The largest absolute Gasteiger partial charge is 0.453 e. The molecule has 0 amide bonds. The molecule has 3 heteroatoms. The van der Waals surface area contributed by atoms with Gasteiger partial charge in [0.1, 0.15) is 5.76 Å². The summed E-state index contributed by atoms with van der Waals surface area (Å²) in [6.07, 6.45) is 3.39. The number of rotatable bonds is 2. The van der Waals surface area contributed by atoms with Crippen LogP contribution in [-0.4, -0.2) is 10.8 Å². The molecule has 0 bridgehead atoms. The molecule has 70 valence electrons. The topological polar surface area (TPSA) is 43.1 Å². The van der Waals surface area contributed by atoms with Crippen molar-refractivity contribution in [3.05, 3.63) is 42.4 Å². The van der Waals surface area contributed by atoms with Crippen molar-refractivity contribution in [1.29, 1.82) is 0 Å². The number of carbonyl (C=O) groups is 1. The quantitative estimate of drug-likeness (QED) is 0.678. The number of hydrogen-bond donors (Lipinski definition) is 0. The van der Waals surface area contributed by atoms with Gasteiger partial charge in [0.2, 0.25) is 0 Å². The van der Waals surface area contributed by atoms with Gasteiger partial charge in [-0.2, -0.15) is 0 Å². The monoisotopic (exact) mass is 187 g/mol. The molecule has 0 saturated carbocycles. The van der Waals surface area contributed by atoms with Crippen molar-refractivity contribution < 1.29 is 9.21 Å². The van der Waals surface area contributed by atoms with E-state index in [0.29, 0.717) is 11.5 Å². The minimum Gasteiger partial charge on any atom is -0.453 e. The number of nitrogens with zero attached hydrogens (tertiary/aromatic N) is 1. The second-order valence-corrected chi connectivity index (χ2v) is 2.96. The van der Waals surface area contributed by atoms with Crippen LogP contribution in [0, 0.1) is 0 Å². The molecule has 2 aromatic heterocycles. The highest BCUT2D eigenvalue weighted by molar-refractivity contribution is 5.91. The Labute approximate surface area is 81.4 Å². The zero-order valence-electron chi connectivity index (χ0n) is 7.73. The molecule has 0 N–H and O–H groups in total. The maximum atomic E-state index is 11.0. The van der Waals surface area contributed by atoms with E-state index in [4.69, 9.17) is 4.42 Å². The smallest absolute Gasteiger partial charge is 0.194 e. The Bertz CT molecular complexity index is 445. The van der Waals surface area contributed by atoms with E-state index in [9.17, 15) is 4.79 Å². The van der Waals surface area contributed by atoms with Gasteiger partial charge in [-0.3, -0.25) is 9.78 Å². The Morgan fingerprint density at radius 2 is 2.21 bits per heavy atom. The number of aromatic nitrogens is 1. The predicted molar refractivity (Wildman–Crippen MR) is 51.9 cm³/mol. The fraction of sp³-hybridized carbons (Fsp3) is 0.0909. The van der Waals surface area contributed by atoms with Crippen LogP contribution < -0.4 is 0 Å². The summed E-state index contributed by atoms with van der Waals surface area (Å²) in [6, 6.07) is 7.15. The lowest BCUT2D eigenvalue weighted by molar-refractivity contribution is 0.0988. The maximum absolute atomic E-state index is 11.0. The third kappa shape index (κ3) is 1.57. The van der Waals surface area contributed by atoms with Crippen LogP contribution in [0.25, 0.3) is 11.3 Å². The molecule has 0 atom stereocenters. The fourth-order valence-electron chi connectivity index (χ4n) is 1.19. The number of carbonyl (C=O) groups excluding carboxylic acids is 1. The first-order valence-electron chi connectivity index (χ1n) is 4.28. The van der Waals surface area contributed by atoms with Gasteiger partial charge in [0.05, 0.1) is 0 Å². The Balaban J connectivity index is 2.39. The Kier molecular flexibility index (Phi) is 2.14. The summed E-state index contributed by atoms with van der Waals surface area (Å²) in [7, 11) is 0. The molecule has 0 radical (unpaired) electrons. The van der Waals surface area contributed by atoms with E-state index >= 15 is 0 Å². The second kappa shape index (κ2) is 3.46. The van der Waals surface area contributed by atoms with Gasteiger partial charge in [-0.25, -0.2) is 0 Å². The first-order chi connectivity index (χ1) is 6.77. The minimum atomic E-state index is -0.0693. The lowest BCUT2D eigenvalue weighted by Gasteiger charge is -1.93. The van der Waals surface area contributed by atoms with E-state index < -0.39 is 0 Å². The molecule has 3 nitrogen and oxygen atoms in total. The van der Waals surface area contributed by atoms with Crippen molar-refractivity contribution in [3.63, 3.8) is 0 Å². The van der Waals surface area contributed by atoms with Gasteiger partial charge >= 0.3 is 0 Å². The summed E-state index contributed by atoms with van der Waals surface area (Å²) in [5, 5.41) is 0. The van der Waals surface area contributed by atoms with Gasteiger partial charge in [-0.05, 0) is 24.3 Å². The van der Waals surface area contributed by atoms with Gasteiger partial charge in [-0.1, -0.05) is 0 Å². The number of pyridine rings is 1. The highest BCUT2D eigenvalue weighted by Crippen LogP contribution is 2.20. The molecule has 0 saturated heterocycles. The molecule has 0 fully saturated rings. The van der Waals surface area contributed by atoms with E-state index in [1.54, 1.807) is 24.5 Å². The molecule has 2 rings (SSSR count). The number of hydrogen-bond acceptors (Lipinski definition) is 3. The average molecular weight is 187 g/mol. The van der Waals surface area contributed by atoms with Gasteiger partial charge in [0.15, 0.2) is 11.5 Å². The molecular formula is C11H9NO2. The van der Waals surface area contributed by atoms with Gasteiger partial charge in [-0.15, -0.1) is 0 Å². The highest BCUT2D eigenvalue weighted by atomic mass is 16.3. The summed E-state index contributed by atoms with van der Waals surface area (Å²) in [4.78, 5) is 15.0. The predicted octanol–water partition coefficient (Wildman–Crippen LogP) is 2.54. The molecule has 14 heavy (non-hydrogen) atoms. The summed E-state index contributed by atoms with van der Waals surface area (Å²) < 4.78 is 5.34. The third-order valence-corrected chi connectivity index (χ3v) is 1.90. The van der Waals surface area contributed by atoms with Gasteiger partial charge in [0.25, 0.3) is 0 Å². The van der Waals surface area contributed by atoms with Crippen LogP contribution in [0.3, 0.4) is 0 Å². The zero-order valence-corrected chi connectivity index (χ0v) is 7.73. The fourth-order valence-corrected chi connectivity index (χ4v) is 1.19. The lowest BCUT2D eigenvalue weighted by atomic mass is 10.2. The first-order valence-corrected chi connectivity index (χ1v) is 4.28. The van der Waals surface area contributed by atoms with E-state index in [1.165, 1.54) is 6.92 Å². The Morgan fingerprint density at radius 3 is 2.79 bits per heavy atom. The van der Waals surface area contributed by atoms with Crippen LogP contribution in [0.4, 0.5) is 0 Å². The Morgan fingerprint density at radius 1 is 1.36 bits per heavy atom.